The van der Waals surface area contributed by atoms with Crippen molar-refractivity contribution in [3.8, 4) is 5.75 Å². The number of nitrogens with one attached hydrogen (secondary N) is 4. The van der Waals surface area contributed by atoms with Gasteiger partial charge in [0.05, 0.1) is 7.11 Å². The fourth-order valence-corrected chi connectivity index (χ4v) is 6.27. The average Bonchev–Trinajstić information content (AvgIpc) is 3.15. The van der Waals surface area contributed by atoms with Gasteiger partial charge in [-0.05, 0) is 96.7 Å². The maximum Gasteiger partial charge on any atom is 0.414 e. The summed E-state index contributed by atoms with van der Waals surface area (Å²) in [6.45, 7) is 12.4. The first-order valence-electron chi connectivity index (χ1n) is 19.8. The third-order valence-electron chi connectivity index (χ3n) is 9.00. The van der Waals surface area contributed by atoms with Crippen LogP contribution in [0.4, 0.5) is 14.0 Å². The zero-order valence-corrected chi connectivity index (χ0v) is 36.1. The lowest BCUT2D eigenvalue weighted by atomic mass is 9.98. The van der Waals surface area contributed by atoms with E-state index in [0.29, 0.717) is 11.1 Å². The van der Waals surface area contributed by atoms with Gasteiger partial charge in [-0.3, -0.25) is 34.8 Å². The first-order valence-corrected chi connectivity index (χ1v) is 19.8. The minimum absolute atomic E-state index is 0.00147. The van der Waals surface area contributed by atoms with E-state index in [1.807, 2.05) is 0 Å². The second kappa shape index (κ2) is 21.8. The molecule has 334 valence electrons. The van der Waals surface area contributed by atoms with Crippen molar-refractivity contribution in [3.63, 3.8) is 0 Å². The first-order chi connectivity index (χ1) is 28.5. The summed E-state index contributed by atoms with van der Waals surface area (Å²) in [5, 5.41) is 19.9. The number of carbonyl (C=O) groups excluding carboxylic acids is 7. The van der Waals surface area contributed by atoms with E-state index in [1.165, 1.54) is 67.2 Å². The number of esters is 1. The Labute approximate surface area is 354 Å². The topological polar surface area (TPSA) is 234 Å². The smallest absolute Gasteiger partial charge is 0.414 e. The van der Waals surface area contributed by atoms with Gasteiger partial charge in [0.1, 0.15) is 46.9 Å². The largest absolute Gasteiger partial charge is 0.508 e. The van der Waals surface area contributed by atoms with Gasteiger partial charge in [0.2, 0.25) is 29.6 Å². The van der Waals surface area contributed by atoms with Crippen LogP contribution in [-0.2, 0) is 51.0 Å². The summed E-state index contributed by atoms with van der Waals surface area (Å²) in [5.74, 6) is -3.99. The number of hydrogen-bond acceptors (Lipinski definition) is 12. The Balaban J connectivity index is 1.97. The Hall–Kier alpha value is -6.27. The Bertz CT molecular complexity index is 1880. The fraction of sp³-hybridized carbons (Fsp3) is 0.524. The van der Waals surface area contributed by atoms with Crippen LogP contribution in [0.1, 0.15) is 79.4 Å². The van der Waals surface area contributed by atoms with E-state index in [9.17, 15) is 43.1 Å². The third kappa shape index (κ3) is 16.4. The number of hydrogen-bond donors (Lipinski definition) is 5. The molecule has 0 saturated carbocycles. The number of nitrogens with zero attached hydrogens (tertiary/aromatic N) is 3. The number of alkyl carbamates (subject to hydrolysis) is 2. The van der Waals surface area contributed by atoms with Crippen LogP contribution in [-0.4, -0.2) is 125 Å². The lowest BCUT2D eigenvalue weighted by molar-refractivity contribution is -0.161. The van der Waals surface area contributed by atoms with Crippen LogP contribution in [0.2, 0.25) is 0 Å². The van der Waals surface area contributed by atoms with E-state index in [2.05, 4.69) is 26.3 Å². The molecule has 61 heavy (non-hydrogen) atoms. The number of halogens is 1. The molecule has 0 aromatic heterocycles. The number of carbonyl (C=O) groups is 7. The quantitative estimate of drug-likeness (QED) is 0.0609. The Morgan fingerprint density at radius 1 is 0.836 bits per heavy atom. The second-order valence-corrected chi connectivity index (χ2v) is 16.4. The molecule has 1 heterocycles. The first kappa shape index (κ1) is 49.1. The number of benzene rings is 2. The van der Waals surface area contributed by atoms with Crippen LogP contribution in [0.5, 0.6) is 5.75 Å². The Kier molecular flexibility index (Phi) is 17.6. The molecule has 4 atom stereocenters. The highest BCUT2D eigenvalue weighted by Crippen LogP contribution is 2.22. The lowest BCUT2D eigenvalue weighted by Gasteiger charge is -2.43. The summed E-state index contributed by atoms with van der Waals surface area (Å²) in [6, 6.07) is 6.64. The summed E-state index contributed by atoms with van der Waals surface area (Å²) in [4.78, 5) is 99.8. The molecule has 0 aliphatic carbocycles. The molecule has 2 aromatic carbocycles. The third-order valence-corrected chi connectivity index (χ3v) is 9.00. The van der Waals surface area contributed by atoms with Gasteiger partial charge < -0.3 is 39.8 Å². The molecule has 1 saturated heterocycles. The number of phenols is 1. The number of guanidine groups is 1. The zero-order chi connectivity index (χ0) is 45.7. The number of phenolic OH excluding ortho intramolecular Hbond substituents is 1. The van der Waals surface area contributed by atoms with Gasteiger partial charge in [-0.15, -0.1) is 0 Å². The van der Waals surface area contributed by atoms with Crippen molar-refractivity contribution in [2.75, 3.05) is 26.7 Å². The highest BCUT2D eigenvalue weighted by Gasteiger charge is 2.43. The van der Waals surface area contributed by atoms with E-state index in [4.69, 9.17) is 14.2 Å². The van der Waals surface area contributed by atoms with Crippen LogP contribution in [0.25, 0.3) is 0 Å². The standard InChI is InChI=1S/C42H58FN7O11/c1-25(37(56)59-9)49-21-22-50(33(36(49)55)11-10-20-44-38(47-39(57)60-41(3,4)5)48-40(58)61-42(6,7)8)35(54)32(24-27-12-16-29(43)17-13-27)46-34(53)31(45-26(2)51)23-28-14-18-30(52)19-15-28/h12-19,25,31-33,52H,10-11,20-24H2,1-9H3,(H,45,51)(H,46,53)(H2,44,47,48,57,58). The van der Waals surface area contributed by atoms with Crippen molar-refractivity contribution < 1.29 is 57.3 Å². The minimum Gasteiger partial charge on any atom is -0.508 e. The highest BCUT2D eigenvalue weighted by molar-refractivity contribution is 6.01. The number of ether oxygens (including phenoxy) is 3. The molecule has 19 heteroatoms. The molecule has 1 aliphatic heterocycles. The van der Waals surface area contributed by atoms with E-state index >= 15 is 0 Å². The van der Waals surface area contributed by atoms with Gasteiger partial charge >= 0.3 is 18.2 Å². The summed E-state index contributed by atoms with van der Waals surface area (Å²) in [6.07, 6.45) is -1.88. The molecule has 0 spiro atoms. The van der Waals surface area contributed by atoms with Crippen LogP contribution < -0.4 is 21.3 Å². The molecule has 2 aromatic rings. The molecule has 0 bridgehead atoms. The van der Waals surface area contributed by atoms with Crippen molar-refractivity contribution in [1.29, 1.82) is 0 Å². The number of amides is 6. The molecule has 4 unspecified atom stereocenters. The predicted molar refractivity (Wildman–Crippen MR) is 220 cm³/mol. The molecule has 1 fully saturated rings. The van der Waals surface area contributed by atoms with Crippen molar-refractivity contribution in [2.45, 2.75) is 116 Å². The molecule has 1 aliphatic rings. The van der Waals surface area contributed by atoms with Crippen LogP contribution >= 0.6 is 0 Å². The van der Waals surface area contributed by atoms with Gasteiger partial charge in [-0.2, -0.15) is 0 Å². The maximum absolute atomic E-state index is 14.7. The van der Waals surface area contributed by atoms with Gasteiger partial charge in [-0.1, -0.05) is 24.3 Å². The van der Waals surface area contributed by atoms with Crippen LogP contribution in [0.3, 0.4) is 0 Å². The second-order valence-electron chi connectivity index (χ2n) is 16.4. The molecule has 0 radical (unpaired) electrons. The lowest BCUT2D eigenvalue weighted by Crippen LogP contribution is -2.65. The fourth-order valence-electron chi connectivity index (χ4n) is 6.27. The normalized spacial score (nSPS) is 15.6. The van der Waals surface area contributed by atoms with Crippen molar-refractivity contribution in [1.82, 2.24) is 31.1 Å². The van der Waals surface area contributed by atoms with Gasteiger partial charge in [0.15, 0.2) is 0 Å². The SMILES string of the molecule is COC(=O)C(C)N1CCN(C(=O)C(Cc2ccc(F)cc2)NC(=O)C(Cc2ccc(O)cc2)NC(C)=O)C(CCCN=C(NC(=O)OC(C)(C)C)NC(=O)OC(C)(C)C)C1=O. The highest BCUT2D eigenvalue weighted by atomic mass is 19.1. The molecule has 3 rings (SSSR count). The number of methoxy groups -OCH3 is 1. The van der Waals surface area contributed by atoms with Crippen molar-refractivity contribution >= 4 is 47.7 Å². The van der Waals surface area contributed by atoms with Crippen LogP contribution in [0.15, 0.2) is 53.5 Å². The number of aliphatic imine (C=N–C) groups is 1. The van der Waals surface area contributed by atoms with Crippen LogP contribution in [0, 0.1) is 5.82 Å². The van der Waals surface area contributed by atoms with Gasteiger partial charge in [0, 0.05) is 39.4 Å². The molecular formula is C42H58FN7O11. The van der Waals surface area contributed by atoms with Crippen molar-refractivity contribution in [3.05, 3.63) is 65.5 Å². The van der Waals surface area contributed by atoms with Gasteiger partial charge in [-0.25, -0.2) is 18.8 Å². The molecule has 6 amide bonds. The van der Waals surface area contributed by atoms with Crippen molar-refractivity contribution in [2.24, 2.45) is 4.99 Å². The van der Waals surface area contributed by atoms with E-state index < -0.39 is 83.0 Å². The monoisotopic (exact) mass is 855 g/mol. The van der Waals surface area contributed by atoms with E-state index in [1.54, 1.807) is 53.7 Å². The van der Waals surface area contributed by atoms with Gasteiger partial charge in [0.25, 0.3) is 0 Å². The maximum atomic E-state index is 14.7. The average molecular weight is 856 g/mol. The molecular weight excluding hydrogens is 797 g/mol. The molecule has 18 nitrogen and oxygen atoms in total. The minimum atomic E-state index is -1.32. The van der Waals surface area contributed by atoms with E-state index in [0.717, 1.165) is 0 Å². The Morgan fingerprint density at radius 2 is 1.36 bits per heavy atom. The Morgan fingerprint density at radius 3 is 1.87 bits per heavy atom. The summed E-state index contributed by atoms with van der Waals surface area (Å²) < 4.78 is 29.4. The number of piperazine rings is 1. The predicted octanol–water partition coefficient (Wildman–Crippen LogP) is 3.09. The summed E-state index contributed by atoms with van der Waals surface area (Å²) in [7, 11) is 1.19. The number of aromatic hydroxyl groups is 1. The van der Waals surface area contributed by atoms with E-state index in [-0.39, 0.29) is 57.0 Å². The zero-order valence-electron chi connectivity index (χ0n) is 36.1. The summed E-state index contributed by atoms with van der Waals surface area (Å²) >= 11 is 0. The number of rotatable bonds is 14. The molecule has 5 N–H and O–H groups in total. The summed E-state index contributed by atoms with van der Waals surface area (Å²) in [5.41, 5.74) is -0.676.